The summed E-state index contributed by atoms with van der Waals surface area (Å²) < 4.78 is 0.966. The molecule has 1 atom stereocenters. The Morgan fingerprint density at radius 1 is 1.35 bits per heavy atom. The van der Waals surface area contributed by atoms with E-state index in [9.17, 15) is 4.79 Å². The van der Waals surface area contributed by atoms with Crippen molar-refractivity contribution in [2.24, 2.45) is 5.41 Å². The van der Waals surface area contributed by atoms with E-state index >= 15 is 0 Å². The molecule has 0 aromatic heterocycles. The van der Waals surface area contributed by atoms with Gasteiger partial charge < -0.3 is 5.32 Å². The highest BCUT2D eigenvalue weighted by atomic mass is 79.9. The number of hydrogen-bond acceptors (Lipinski definition) is 1. The van der Waals surface area contributed by atoms with Crippen molar-refractivity contribution in [1.29, 1.82) is 0 Å². The zero-order valence-electron chi connectivity index (χ0n) is 11.1. The molecule has 0 heterocycles. The Balaban J connectivity index is 2.80. The molecule has 0 aliphatic carbocycles. The third-order valence-corrected chi connectivity index (χ3v) is 3.93. The van der Waals surface area contributed by atoms with Crippen molar-refractivity contribution in [3.63, 3.8) is 0 Å². The molecule has 1 rings (SSSR count). The van der Waals surface area contributed by atoms with Crippen molar-refractivity contribution < 1.29 is 4.79 Å². The van der Waals surface area contributed by atoms with Crippen LogP contribution in [0.4, 0.5) is 0 Å². The number of rotatable bonds is 2. The molecule has 0 radical (unpaired) electrons. The lowest BCUT2D eigenvalue weighted by atomic mass is 9.88. The number of aryl methyl sites for hydroxylation is 1. The summed E-state index contributed by atoms with van der Waals surface area (Å²) in [7, 11) is 0. The van der Waals surface area contributed by atoms with Crippen molar-refractivity contribution in [2.75, 3.05) is 0 Å². The van der Waals surface area contributed by atoms with Crippen LogP contribution in [0.25, 0.3) is 0 Å². The van der Waals surface area contributed by atoms with Gasteiger partial charge in [0, 0.05) is 16.1 Å². The third kappa shape index (κ3) is 3.84. The summed E-state index contributed by atoms with van der Waals surface area (Å²) in [5.74, 6) is -0.0203. The van der Waals surface area contributed by atoms with Gasteiger partial charge in [-0.05, 0) is 37.0 Å². The van der Waals surface area contributed by atoms with Gasteiger partial charge in [0.2, 0.25) is 0 Å². The van der Waals surface area contributed by atoms with Crippen LogP contribution in [0.1, 0.15) is 43.6 Å². The van der Waals surface area contributed by atoms with Crippen molar-refractivity contribution in [3.8, 4) is 0 Å². The lowest BCUT2D eigenvalue weighted by Crippen LogP contribution is -2.41. The SMILES string of the molecule is Cc1ccc(C(=O)NC(C)C(C)(C)C)cc1Br. The quantitative estimate of drug-likeness (QED) is 0.881. The summed E-state index contributed by atoms with van der Waals surface area (Å²) in [6, 6.07) is 5.79. The number of carbonyl (C=O) groups excluding carboxylic acids is 1. The fourth-order valence-corrected chi connectivity index (χ4v) is 1.61. The molecule has 1 amide bonds. The molecule has 0 aliphatic heterocycles. The summed E-state index contributed by atoms with van der Waals surface area (Å²) in [6.45, 7) is 10.4. The van der Waals surface area contributed by atoms with Gasteiger partial charge in [0.15, 0.2) is 0 Å². The number of amides is 1. The van der Waals surface area contributed by atoms with E-state index in [1.807, 2.05) is 32.0 Å². The zero-order valence-corrected chi connectivity index (χ0v) is 12.7. The Morgan fingerprint density at radius 2 is 1.94 bits per heavy atom. The predicted octanol–water partition coefficient (Wildman–Crippen LogP) is 3.92. The molecule has 94 valence electrons. The molecule has 2 nitrogen and oxygen atoms in total. The molecule has 1 unspecified atom stereocenters. The van der Waals surface area contributed by atoms with Gasteiger partial charge in [0.1, 0.15) is 0 Å². The topological polar surface area (TPSA) is 29.1 Å². The van der Waals surface area contributed by atoms with E-state index in [1.54, 1.807) is 0 Å². The summed E-state index contributed by atoms with van der Waals surface area (Å²) in [5, 5.41) is 3.02. The molecule has 0 spiro atoms. The monoisotopic (exact) mass is 297 g/mol. The van der Waals surface area contributed by atoms with Gasteiger partial charge in [-0.1, -0.05) is 42.8 Å². The van der Waals surface area contributed by atoms with E-state index in [4.69, 9.17) is 0 Å². The van der Waals surface area contributed by atoms with Gasteiger partial charge in [-0.2, -0.15) is 0 Å². The van der Waals surface area contributed by atoms with E-state index in [2.05, 4.69) is 42.0 Å². The Morgan fingerprint density at radius 3 is 2.41 bits per heavy atom. The highest BCUT2D eigenvalue weighted by molar-refractivity contribution is 9.10. The Hall–Kier alpha value is -0.830. The van der Waals surface area contributed by atoms with Crippen LogP contribution in [0.3, 0.4) is 0 Å². The van der Waals surface area contributed by atoms with Crippen molar-refractivity contribution >= 4 is 21.8 Å². The van der Waals surface area contributed by atoms with Crippen LogP contribution in [0.15, 0.2) is 22.7 Å². The number of hydrogen-bond donors (Lipinski definition) is 1. The minimum Gasteiger partial charge on any atom is -0.349 e. The molecule has 1 aromatic carbocycles. The zero-order chi connectivity index (χ0) is 13.2. The first-order chi connectivity index (χ1) is 7.71. The lowest BCUT2D eigenvalue weighted by Gasteiger charge is -2.28. The normalized spacial score (nSPS) is 13.3. The Bertz CT molecular complexity index is 421. The van der Waals surface area contributed by atoms with Crippen LogP contribution in [-0.2, 0) is 0 Å². The highest BCUT2D eigenvalue weighted by Crippen LogP contribution is 2.20. The van der Waals surface area contributed by atoms with Crippen LogP contribution < -0.4 is 5.32 Å². The molecular weight excluding hydrogens is 278 g/mol. The largest absolute Gasteiger partial charge is 0.349 e. The number of halogens is 1. The maximum Gasteiger partial charge on any atom is 0.251 e. The van der Waals surface area contributed by atoms with Gasteiger partial charge in [0.05, 0.1) is 0 Å². The fraction of sp³-hybridized carbons (Fsp3) is 0.500. The molecule has 1 aromatic rings. The van der Waals surface area contributed by atoms with Crippen molar-refractivity contribution in [3.05, 3.63) is 33.8 Å². The maximum atomic E-state index is 12.0. The molecular formula is C14H20BrNO. The molecule has 0 aliphatic rings. The first-order valence-electron chi connectivity index (χ1n) is 5.79. The molecule has 3 heteroatoms. The van der Waals surface area contributed by atoms with Gasteiger partial charge in [-0.25, -0.2) is 0 Å². The smallest absolute Gasteiger partial charge is 0.251 e. The molecule has 17 heavy (non-hydrogen) atoms. The van der Waals surface area contributed by atoms with Crippen LogP contribution in [-0.4, -0.2) is 11.9 Å². The minimum absolute atomic E-state index is 0.0203. The van der Waals surface area contributed by atoms with Crippen LogP contribution >= 0.6 is 15.9 Å². The minimum atomic E-state index is -0.0203. The van der Waals surface area contributed by atoms with Gasteiger partial charge in [0.25, 0.3) is 5.91 Å². The number of benzene rings is 1. The van der Waals surface area contributed by atoms with Crippen LogP contribution in [0, 0.1) is 12.3 Å². The first-order valence-corrected chi connectivity index (χ1v) is 6.58. The lowest BCUT2D eigenvalue weighted by molar-refractivity contribution is 0.0910. The molecule has 0 fully saturated rings. The van der Waals surface area contributed by atoms with Gasteiger partial charge in [-0.3, -0.25) is 4.79 Å². The predicted molar refractivity (Wildman–Crippen MR) is 75.3 cm³/mol. The Labute approximate surface area is 112 Å². The van der Waals surface area contributed by atoms with Crippen LogP contribution in [0.2, 0.25) is 0 Å². The number of nitrogens with one attached hydrogen (secondary N) is 1. The summed E-state index contributed by atoms with van der Waals surface area (Å²) in [6.07, 6.45) is 0. The molecule has 0 saturated carbocycles. The molecule has 1 N–H and O–H groups in total. The second-order valence-electron chi connectivity index (χ2n) is 5.53. The standard InChI is InChI=1S/C14H20BrNO/c1-9-6-7-11(8-12(9)15)13(17)16-10(2)14(3,4)5/h6-8,10H,1-5H3,(H,16,17). The summed E-state index contributed by atoms with van der Waals surface area (Å²) in [5.41, 5.74) is 1.89. The van der Waals surface area contributed by atoms with E-state index in [-0.39, 0.29) is 17.4 Å². The molecule has 0 bridgehead atoms. The van der Waals surface area contributed by atoms with E-state index in [0.29, 0.717) is 5.56 Å². The average molecular weight is 298 g/mol. The fourth-order valence-electron chi connectivity index (χ4n) is 1.23. The third-order valence-electron chi connectivity index (χ3n) is 3.08. The maximum absolute atomic E-state index is 12.0. The van der Waals surface area contributed by atoms with E-state index in [1.165, 1.54) is 0 Å². The van der Waals surface area contributed by atoms with Gasteiger partial charge in [-0.15, -0.1) is 0 Å². The average Bonchev–Trinajstić information content (AvgIpc) is 2.20. The summed E-state index contributed by atoms with van der Waals surface area (Å²) >= 11 is 3.44. The second kappa shape index (κ2) is 5.21. The van der Waals surface area contributed by atoms with Gasteiger partial charge >= 0.3 is 0 Å². The molecule has 0 saturated heterocycles. The summed E-state index contributed by atoms with van der Waals surface area (Å²) in [4.78, 5) is 12.0. The van der Waals surface area contributed by atoms with Crippen LogP contribution in [0.5, 0.6) is 0 Å². The van der Waals surface area contributed by atoms with Crippen molar-refractivity contribution in [1.82, 2.24) is 5.32 Å². The highest BCUT2D eigenvalue weighted by Gasteiger charge is 2.22. The van der Waals surface area contributed by atoms with E-state index < -0.39 is 0 Å². The number of carbonyl (C=O) groups is 1. The second-order valence-corrected chi connectivity index (χ2v) is 6.38. The Kier molecular flexibility index (Phi) is 4.36. The van der Waals surface area contributed by atoms with Crippen molar-refractivity contribution in [2.45, 2.75) is 40.7 Å². The van der Waals surface area contributed by atoms with E-state index in [0.717, 1.165) is 10.0 Å². The first kappa shape index (κ1) is 14.2.